The van der Waals surface area contributed by atoms with Gasteiger partial charge in [-0.1, -0.05) is 64.7 Å². The van der Waals surface area contributed by atoms with E-state index in [0.717, 1.165) is 49.3 Å². The van der Waals surface area contributed by atoms with Crippen molar-refractivity contribution in [3.8, 4) is 0 Å². The Kier molecular flexibility index (Phi) is 13.1. The van der Waals surface area contributed by atoms with E-state index in [4.69, 9.17) is 4.98 Å². The fourth-order valence-electron chi connectivity index (χ4n) is 4.23. The Balaban J connectivity index is 2.25. The van der Waals surface area contributed by atoms with Gasteiger partial charge in [-0.2, -0.15) is 0 Å². The Hall–Kier alpha value is -2.28. The summed E-state index contributed by atoms with van der Waals surface area (Å²) in [5.74, 6) is 0.341. The van der Waals surface area contributed by atoms with Crippen molar-refractivity contribution in [1.29, 1.82) is 0 Å². The van der Waals surface area contributed by atoms with Gasteiger partial charge in [0.15, 0.2) is 0 Å². The molecule has 1 heterocycles. The smallest absolute Gasteiger partial charge is 0.305 e. The highest BCUT2D eigenvalue weighted by molar-refractivity contribution is 5.87. The fourth-order valence-corrected chi connectivity index (χ4v) is 4.23. The number of aryl methyl sites for hydroxylation is 1. The van der Waals surface area contributed by atoms with Crippen LogP contribution in [0.3, 0.4) is 0 Å². The van der Waals surface area contributed by atoms with Crippen molar-refractivity contribution >= 4 is 22.8 Å². The molecule has 0 aliphatic carbocycles. The second-order valence-electron chi connectivity index (χ2n) is 9.94. The summed E-state index contributed by atoms with van der Waals surface area (Å²) >= 11 is 0. The van der Waals surface area contributed by atoms with Crippen molar-refractivity contribution in [3.05, 3.63) is 47.3 Å². The minimum Gasteiger partial charge on any atom is -0.469 e. The number of benzene rings is 1. The van der Waals surface area contributed by atoms with Gasteiger partial charge < -0.3 is 20.1 Å². The second-order valence-corrected chi connectivity index (χ2v) is 9.94. The summed E-state index contributed by atoms with van der Waals surface area (Å²) in [5.41, 5.74) is 2.54. The summed E-state index contributed by atoms with van der Waals surface area (Å²) in [4.78, 5) is 16.0. The molecule has 2 rings (SSSR count). The summed E-state index contributed by atoms with van der Waals surface area (Å²) in [5, 5.41) is 33.6. The second kappa shape index (κ2) is 15.7. The van der Waals surface area contributed by atoms with Crippen molar-refractivity contribution < 1.29 is 24.9 Å². The van der Waals surface area contributed by atoms with E-state index in [-0.39, 0.29) is 18.8 Å². The first-order valence-electron chi connectivity index (χ1n) is 13.5. The maximum absolute atomic E-state index is 11.2. The number of rotatable bonds is 16. The van der Waals surface area contributed by atoms with Crippen LogP contribution in [-0.4, -0.2) is 45.6 Å². The van der Waals surface area contributed by atoms with Gasteiger partial charge in [0.25, 0.3) is 0 Å². The average Bonchev–Trinajstić information content (AvgIpc) is 2.89. The van der Waals surface area contributed by atoms with E-state index in [9.17, 15) is 20.1 Å². The van der Waals surface area contributed by atoms with Crippen LogP contribution >= 0.6 is 0 Å². The SMILES string of the molecule is CCCCC[C@@H](O)c1nc(/C=C/[C@@H](O)[C@@H](O)CCCC(=O)OC)cc2ccc(CCC(C)CC)cc12. The lowest BCUT2D eigenvalue weighted by atomic mass is 9.95. The zero-order chi connectivity index (χ0) is 26.5. The fraction of sp³-hybridized carbons (Fsp3) is 0.600. The lowest BCUT2D eigenvalue weighted by Crippen LogP contribution is -2.23. The normalized spacial score (nSPS) is 15.2. The number of aromatic nitrogens is 1. The van der Waals surface area contributed by atoms with Crippen molar-refractivity contribution in [3.63, 3.8) is 0 Å². The molecule has 0 bridgehead atoms. The van der Waals surface area contributed by atoms with Crippen LogP contribution in [0, 0.1) is 5.92 Å². The third kappa shape index (κ3) is 9.64. The summed E-state index contributed by atoms with van der Waals surface area (Å²) in [6.07, 6.45) is 8.43. The predicted molar refractivity (Wildman–Crippen MR) is 146 cm³/mol. The van der Waals surface area contributed by atoms with E-state index in [1.807, 2.05) is 6.07 Å². The quantitative estimate of drug-likeness (QED) is 0.196. The summed E-state index contributed by atoms with van der Waals surface area (Å²) in [6.45, 7) is 6.63. The standard InChI is InChI=1S/C30H45NO5/c1-5-7-8-10-28(34)30-25-19-22(14-13-21(3)6-2)15-16-23(25)20-24(31-30)17-18-27(33)26(32)11-9-12-29(35)36-4/h15-21,26-28,32-34H,5-14H2,1-4H3/b18-17+/t21?,26-,27+,28+/m0/s1. The largest absolute Gasteiger partial charge is 0.469 e. The first kappa shape index (κ1) is 29.9. The van der Waals surface area contributed by atoms with Crippen LogP contribution in [0.5, 0.6) is 0 Å². The molecule has 36 heavy (non-hydrogen) atoms. The zero-order valence-corrected chi connectivity index (χ0v) is 22.4. The minimum atomic E-state index is -1.08. The molecule has 1 aromatic heterocycles. The summed E-state index contributed by atoms with van der Waals surface area (Å²) in [7, 11) is 1.33. The lowest BCUT2D eigenvalue weighted by Gasteiger charge is -2.16. The van der Waals surface area contributed by atoms with E-state index in [2.05, 4.69) is 43.7 Å². The van der Waals surface area contributed by atoms with Gasteiger partial charge in [0, 0.05) is 11.8 Å². The summed E-state index contributed by atoms with van der Waals surface area (Å²) < 4.78 is 4.60. The van der Waals surface area contributed by atoms with E-state index < -0.39 is 18.3 Å². The molecule has 2 aromatic rings. The van der Waals surface area contributed by atoms with Crippen LogP contribution in [-0.2, 0) is 16.0 Å². The molecule has 1 aromatic carbocycles. The molecule has 0 aliphatic heterocycles. The third-order valence-electron chi connectivity index (χ3n) is 6.93. The number of hydrogen-bond acceptors (Lipinski definition) is 6. The van der Waals surface area contributed by atoms with Crippen LogP contribution in [0.4, 0.5) is 0 Å². The molecule has 0 fully saturated rings. The number of aliphatic hydroxyl groups is 3. The Morgan fingerprint density at radius 2 is 1.83 bits per heavy atom. The van der Waals surface area contributed by atoms with Gasteiger partial charge in [0.2, 0.25) is 0 Å². The number of aliphatic hydroxyl groups excluding tert-OH is 3. The highest BCUT2D eigenvalue weighted by Crippen LogP contribution is 2.29. The van der Waals surface area contributed by atoms with E-state index in [1.165, 1.54) is 18.7 Å². The highest BCUT2D eigenvalue weighted by Gasteiger charge is 2.17. The van der Waals surface area contributed by atoms with Gasteiger partial charge in [-0.05, 0) is 67.2 Å². The van der Waals surface area contributed by atoms with Crippen molar-refractivity contribution in [2.75, 3.05) is 7.11 Å². The molecule has 200 valence electrons. The van der Waals surface area contributed by atoms with Gasteiger partial charge >= 0.3 is 5.97 Å². The van der Waals surface area contributed by atoms with Gasteiger partial charge in [-0.3, -0.25) is 9.78 Å². The lowest BCUT2D eigenvalue weighted by molar-refractivity contribution is -0.140. The Bertz CT molecular complexity index is 973. The molecule has 0 aliphatic rings. The predicted octanol–water partition coefficient (Wildman–Crippen LogP) is 5.91. The monoisotopic (exact) mass is 499 g/mol. The van der Waals surface area contributed by atoms with Gasteiger partial charge in [0.1, 0.15) is 0 Å². The number of carbonyl (C=O) groups excluding carboxylic acids is 1. The number of unbranched alkanes of at least 4 members (excludes halogenated alkanes) is 2. The Labute approximate surface area is 216 Å². The van der Waals surface area contributed by atoms with Gasteiger partial charge in [0.05, 0.1) is 36.8 Å². The Morgan fingerprint density at radius 3 is 2.53 bits per heavy atom. The number of pyridine rings is 1. The highest BCUT2D eigenvalue weighted by atomic mass is 16.5. The first-order chi connectivity index (χ1) is 17.3. The number of carbonyl (C=O) groups is 1. The summed E-state index contributed by atoms with van der Waals surface area (Å²) in [6, 6.07) is 8.34. The van der Waals surface area contributed by atoms with Crippen LogP contribution in [0.2, 0.25) is 0 Å². The Morgan fingerprint density at radius 1 is 1.06 bits per heavy atom. The van der Waals surface area contributed by atoms with Gasteiger partial charge in [-0.15, -0.1) is 0 Å². The third-order valence-corrected chi connectivity index (χ3v) is 6.93. The molecular weight excluding hydrogens is 454 g/mol. The molecule has 6 heteroatoms. The van der Waals surface area contributed by atoms with Crippen LogP contribution in [0.15, 0.2) is 30.3 Å². The first-order valence-corrected chi connectivity index (χ1v) is 13.5. The number of fused-ring (bicyclic) bond motifs is 1. The molecule has 4 atom stereocenters. The average molecular weight is 500 g/mol. The number of ether oxygens (including phenoxy) is 1. The molecule has 0 saturated carbocycles. The van der Waals surface area contributed by atoms with Crippen LogP contribution in [0.1, 0.15) is 102 Å². The molecule has 1 unspecified atom stereocenters. The molecule has 3 N–H and O–H groups in total. The molecule has 6 nitrogen and oxygen atoms in total. The zero-order valence-electron chi connectivity index (χ0n) is 22.4. The molecule has 0 spiro atoms. The number of methoxy groups -OCH3 is 1. The van der Waals surface area contributed by atoms with Crippen LogP contribution in [0.25, 0.3) is 16.8 Å². The topological polar surface area (TPSA) is 99.9 Å². The maximum Gasteiger partial charge on any atom is 0.305 e. The molecule has 0 amide bonds. The van der Waals surface area contributed by atoms with Gasteiger partial charge in [-0.25, -0.2) is 0 Å². The van der Waals surface area contributed by atoms with Crippen molar-refractivity contribution in [1.82, 2.24) is 4.98 Å². The van der Waals surface area contributed by atoms with E-state index in [0.29, 0.717) is 30.1 Å². The minimum absolute atomic E-state index is 0.203. The van der Waals surface area contributed by atoms with E-state index in [1.54, 1.807) is 6.08 Å². The number of nitrogens with zero attached hydrogens (tertiary/aromatic N) is 1. The molecule has 0 saturated heterocycles. The molecular formula is C30H45NO5. The van der Waals surface area contributed by atoms with E-state index >= 15 is 0 Å². The van der Waals surface area contributed by atoms with Crippen LogP contribution < -0.4 is 0 Å². The molecule has 0 radical (unpaired) electrons. The van der Waals surface area contributed by atoms with Crippen molar-refractivity contribution in [2.24, 2.45) is 5.92 Å². The maximum atomic E-state index is 11.2. The number of esters is 1. The van der Waals surface area contributed by atoms with Crippen molar-refractivity contribution in [2.45, 2.75) is 103 Å². The number of hydrogen-bond donors (Lipinski definition) is 3.